The first-order valence-corrected chi connectivity index (χ1v) is 21.1. The number of amides is 2. The van der Waals surface area contributed by atoms with E-state index in [-0.39, 0.29) is 36.4 Å². The number of phenolic OH excluding ortho intramolecular Hbond substituents is 1. The molecule has 6 aromatic rings. The Hall–Kier alpha value is -6.06. The van der Waals surface area contributed by atoms with Gasteiger partial charge in [-0.3, -0.25) is 9.59 Å². The summed E-state index contributed by atoms with van der Waals surface area (Å²) in [7, 11) is 0. The number of benzene rings is 5. The second-order valence-corrected chi connectivity index (χ2v) is 15.6. The van der Waals surface area contributed by atoms with E-state index in [1.807, 2.05) is 78.9 Å². The Morgan fingerprint density at radius 3 is 2.25 bits per heavy atom. The van der Waals surface area contributed by atoms with Crippen molar-refractivity contribution in [1.82, 2.24) is 25.5 Å². The van der Waals surface area contributed by atoms with Gasteiger partial charge in [-0.1, -0.05) is 110 Å². The van der Waals surface area contributed by atoms with Crippen LogP contribution in [0.1, 0.15) is 79.6 Å². The largest absolute Gasteiger partial charge is 0.508 e. The van der Waals surface area contributed by atoms with Crippen molar-refractivity contribution in [3.63, 3.8) is 0 Å². The van der Waals surface area contributed by atoms with Gasteiger partial charge in [0, 0.05) is 37.1 Å². The van der Waals surface area contributed by atoms with Gasteiger partial charge in [-0.2, -0.15) is 4.68 Å². The van der Waals surface area contributed by atoms with Crippen molar-refractivity contribution in [2.45, 2.75) is 81.8 Å². The number of carbonyl (C=O) groups is 2. The Kier molecular flexibility index (Phi) is 14.6. The van der Waals surface area contributed by atoms with E-state index in [2.05, 4.69) is 32.2 Å². The lowest BCUT2D eigenvalue weighted by Gasteiger charge is -2.36. The van der Waals surface area contributed by atoms with Gasteiger partial charge in [0.15, 0.2) is 6.29 Å². The number of nitrogens with one attached hydrogen (secondary N) is 2. The van der Waals surface area contributed by atoms with Crippen molar-refractivity contribution in [3.05, 3.63) is 144 Å². The molecule has 0 radical (unpaired) electrons. The van der Waals surface area contributed by atoms with Gasteiger partial charge in [-0.15, -0.1) is 5.10 Å². The van der Waals surface area contributed by atoms with E-state index in [0.29, 0.717) is 48.1 Å². The molecule has 1 aliphatic heterocycles. The Morgan fingerprint density at radius 1 is 0.800 bits per heavy atom. The lowest BCUT2D eigenvalue weighted by molar-refractivity contribution is -0.245. The molecule has 0 aliphatic carbocycles. The number of aromatic hydroxyl groups is 1. The van der Waals surface area contributed by atoms with Crippen molar-refractivity contribution >= 4 is 35.0 Å². The highest BCUT2D eigenvalue weighted by Gasteiger charge is 2.33. The molecule has 0 saturated carbocycles. The summed E-state index contributed by atoms with van der Waals surface area (Å²) < 4.78 is 14.8. The fraction of sp³-hybridized carbons (Fsp3) is 0.283. The average molecular weight is 828 g/mol. The van der Waals surface area contributed by atoms with Crippen molar-refractivity contribution in [3.8, 4) is 22.6 Å². The normalized spacial score (nSPS) is 16.3. The predicted molar refractivity (Wildman–Crippen MR) is 231 cm³/mol. The SMILES string of the molecule is Nc1ccccc1NC(=O)CCCCCCC(=O)NCc1ccccc1-c1ccc([C@H]2O[C@@H](CSc3nnnn3-c3ccc(O)cc3)C[C@@H](c3ccc(CO)cc3)O2)cc1. The smallest absolute Gasteiger partial charge is 0.224 e. The zero-order valence-corrected chi connectivity index (χ0v) is 34.0. The van der Waals surface area contributed by atoms with Crippen LogP contribution >= 0.6 is 11.8 Å². The number of hydrogen-bond acceptors (Lipinski definition) is 11. The zero-order chi connectivity index (χ0) is 41.7. The molecule has 2 heterocycles. The number of nitrogen functional groups attached to an aromatic ring is 1. The number of aromatic nitrogens is 4. The fourth-order valence-corrected chi connectivity index (χ4v) is 7.93. The second-order valence-electron chi connectivity index (χ2n) is 14.7. The third kappa shape index (κ3) is 11.4. The second kappa shape index (κ2) is 20.8. The highest BCUT2D eigenvalue weighted by atomic mass is 32.2. The first-order valence-electron chi connectivity index (χ1n) is 20.1. The number of tetrazole rings is 1. The number of anilines is 2. The van der Waals surface area contributed by atoms with Gasteiger partial charge in [0.05, 0.1) is 35.9 Å². The summed E-state index contributed by atoms with van der Waals surface area (Å²) in [6.07, 6.45) is 3.55. The summed E-state index contributed by atoms with van der Waals surface area (Å²) in [5, 5.41) is 38.2. The maximum Gasteiger partial charge on any atom is 0.224 e. The highest BCUT2D eigenvalue weighted by molar-refractivity contribution is 7.99. The molecule has 1 aliphatic rings. The number of ether oxygens (including phenoxy) is 2. The van der Waals surface area contributed by atoms with Crippen LogP contribution in [0.25, 0.3) is 16.8 Å². The third-order valence-electron chi connectivity index (χ3n) is 10.3. The van der Waals surface area contributed by atoms with E-state index in [9.17, 15) is 19.8 Å². The van der Waals surface area contributed by atoms with Crippen LogP contribution in [0.2, 0.25) is 0 Å². The van der Waals surface area contributed by atoms with Gasteiger partial charge in [-0.05, 0) is 87.5 Å². The van der Waals surface area contributed by atoms with E-state index >= 15 is 0 Å². The van der Waals surface area contributed by atoms with Crippen molar-refractivity contribution in [1.29, 1.82) is 0 Å². The molecule has 60 heavy (non-hydrogen) atoms. The molecule has 2 amide bonds. The van der Waals surface area contributed by atoms with Crippen LogP contribution in [0.3, 0.4) is 0 Å². The van der Waals surface area contributed by atoms with Crippen LogP contribution < -0.4 is 16.4 Å². The number of nitrogens with two attached hydrogens (primary N) is 1. The minimum atomic E-state index is -0.644. The van der Waals surface area contributed by atoms with Gasteiger partial charge in [-0.25, -0.2) is 0 Å². The number of hydrogen-bond donors (Lipinski definition) is 5. The van der Waals surface area contributed by atoms with Gasteiger partial charge >= 0.3 is 0 Å². The molecular formula is C46H49N7O6S. The first kappa shape index (κ1) is 42.1. The maximum absolute atomic E-state index is 12.8. The summed E-state index contributed by atoms with van der Waals surface area (Å²) in [6.45, 7) is 0.367. The molecule has 13 nitrogen and oxygen atoms in total. The van der Waals surface area contributed by atoms with E-state index in [0.717, 1.165) is 64.8 Å². The predicted octanol–water partition coefficient (Wildman–Crippen LogP) is 8.04. The molecule has 0 unspecified atom stereocenters. The number of aliphatic hydroxyl groups is 1. The molecule has 14 heteroatoms. The number of thioether (sulfide) groups is 1. The molecule has 0 spiro atoms. The molecule has 6 N–H and O–H groups in total. The molecule has 1 aromatic heterocycles. The van der Waals surface area contributed by atoms with Gasteiger partial charge in [0.1, 0.15) is 5.75 Å². The van der Waals surface area contributed by atoms with Crippen LogP contribution in [0.15, 0.2) is 126 Å². The Bertz CT molecular complexity index is 2320. The first-order chi connectivity index (χ1) is 29.3. The molecule has 5 aromatic carbocycles. The monoisotopic (exact) mass is 827 g/mol. The van der Waals surface area contributed by atoms with Crippen molar-refractivity contribution < 1.29 is 29.3 Å². The van der Waals surface area contributed by atoms with E-state index in [1.54, 1.807) is 41.1 Å². The third-order valence-corrected chi connectivity index (χ3v) is 11.4. The molecule has 0 bridgehead atoms. The topological polar surface area (TPSA) is 187 Å². The number of unbranched alkanes of at least 4 members (excludes halogenated alkanes) is 3. The highest BCUT2D eigenvalue weighted by Crippen LogP contribution is 2.40. The van der Waals surface area contributed by atoms with Crippen LogP contribution in [0.5, 0.6) is 5.75 Å². The number of aliphatic hydroxyl groups excluding tert-OH is 1. The Morgan fingerprint density at radius 2 is 1.50 bits per heavy atom. The number of nitrogens with zero attached hydrogens (tertiary/aromatic N) is 4. The average Bonchev–Trinajstić information content (AvgIpc) is 3.76. The summed E-state index contributed by atoms with van der Waals surface area (Å²) >= 11 is 1.48. The van der Waals surface area contributed by atoms with E-state index in [4.69, 9.17) is 15.2 Å². The molecule has 1 fully saturated rings. The Labute approximate surface area is 353 Å². The number of para-hydroxylation sites is 2. The summed E-state index contributed by atoms with van der Waals surface area (Å²) in [5.74, 6) is 0.654. The number of rotatable bonds is 18. The molecule has 1 saturated heterocycles. The number of phenols is 1. The quantitative estimate of drug-likeness (QED) is 0.0321. The van der Waals surface area contributed by atoms with Crippen molar-refractivity contribution in [2.75, 3.05) is 16.8 Å². The molecule has 7 rings (SSSR count). The standard InChI is InChI=1S/C46H49N7O6S/c47-40-11-7-8-12-41(40)49-44(57)14-4-2-1-3-13-43(56)48-28-35-9-5-6-10-39(35)32-19-21-34(22-20-32)45-58-38(27-42(59-45)33-17-15-31(29-54)16-18-33)30-60-46-50-51-52-53(46)36-23-25-37(55)26-24-36/h5-12,15-26,38,42,45,54-55H,1-4,13-14,27-30,47H2,(H,48,56)(H,49,57)/t38-,42+,45+/m1/s1. The minimum absolute atomic E-state index is 0.00540. The zero-order valence-electron chi connectivity index (χ0n) is 33.2. The summed E-state index contributed by atoms with van der Waals surface area (Å²) in [4.78, 5) is 25.1. The van der Waals surface area contributed by atoms with Crippen molar-refractivity contribution in [2.24, 2.45) is 0 Å². The van der Waals surface area contributed by atoms with E-state index < -0.39 is 6.29 Å². The Balaban J connectivity index is 0.935. The molecule has 3 atom stereocenters. The maximum atomic E-state index is 12.8. The fourth-order valence-electron chi connectivity index (χ4n) is 7.02. The van der Waals surface area contributed by atoms with Crippen LogP contribution in [-0.4, -0.2) is 54.1 Å². The van der Waals surface area contributed by atoms with Crippen LogP contribution in [-0.2, 0) is 32.2 Å². The van der Waals surface area contributed by atoms with Gasteiger partial charge in [0.2, 0.25) is 17.0 Å². The summed E-state index contributed by atoms with van der Waals surface area (Å²) in [6, 6.07) is 37.9. The summed E-state index contributed by atoms with van der Waals surface area (Å²) in [5.41, 5.74) is 13.5. The lowest BCUT2D eigenvalue weighted by atomic mass is 9.97. The van der Waals surface area contributed by atoms with Gasteiger partial charge < -0.3 is 36.1 Å². The lowest BCUT2D eigenvalue weighted by Crippen LogP contribution is -2.31. The van der Waals surface area contributed by atoms with Gasteiger partial charge in [0.25, 0.3) is 0 Å². The van der Waals surface area contributed by atoms with Crippen LogP contribution in [0, 0.1) is 0 Å². The van der Waals surface area contributed by atoms with E-state index in [1.165, 1.54) is 11.8 Å². The number of carbonyl (C=O) groups excluding carboxylic acids is 2. The molecular weight excluding hydrogens is 779 g/mol. The molecule has 310 valence electrons. The van der Waals surface area contributed by atoms with Crippen LogP contribution in [0.4, 0.5) is 11.4 Å². The minimum Gasteiger partial charge on any atom is -0.508 e.